The number of benzene rings is 1. The maximum atomic E-state index is 4.92. The summed E-state index contributed by atoms with van der Waals surface area (Å²) in [4.78, 5) is 4.92. The van der Waals surface area contributed by atoms with Crippen LogP contribution in [0.5, 0.6) is 0 Å². The third-order valence-corrected chi connectivity index (χ3v) is 4.56. The molecule has 106 valence electrons. The van der Waals surface area contributed by atoms with Crippen LogP contribution in [0.25, 0.3) is 0 Å². The van der Waals surface area contributed by atoms with Gasteiger partial charge in [-0.15, -0.1) is 0 Å². The van der Waals surface area contributed by atoms with E-state index in [2.05, 4.69) is 67.0 Å². The fourth-order valence-electron chi connectivity index (χ4n) is 3.20. The second-order valence-electron chi connectivity index (χ2n) is 6.09. The zero-order valence-electron chi connectivity index (χ0n) is 12.4. The van der Waals surface area contributed by atoms with E-state index in [1.165, 1.54) is 16.8 Å². The van der Waals surface area contributed by atoms with E-state index in [9.17, 15) is 0 Å². The second-order valence-corrected chi connectivity index (χ2v) is 6.09. The number of aryl methyl sites for hydroxylation is 1. The number of aliphatic imine (C=N–C) groups is 1. The SMILES string of the molecule is CC1=C2NC(Nc3ccccc3C)=NC3(C=CC=C1)CC23. The molecule has 1 fully saturated rings. The lowest BCUT2D eigenvalue weighted by molar-refractivity contribution is 0.706. The molecular weight excluding hydrogens is 258 g/mol. The molecule has 3 heteroatoms. The number of guanidine groups is 1. The van der Waals surface area contributed by atoms with Gasteiger partial charge in [0.1, 0.15) is 0 Å². The molecule has 3 nitrogen and oxygen atoms in total. The molecule has 0 aromatic heterocycles. The molecule has 1 aromatic rings. The molecule has 21 heavy (non-hydrogen) atoms. The van der Waals surface area contributed by atoms with Gasteiger partial charge in [0, 0.05) is 17.3 Å². The molecule has 2 bridgehead atoms. The summed E-state index contributed by atoms with van der Waals surface area (Å²) in [6, 6.07) is 8.29. The Bertz CT molecular complexity index is 724. The molecule has 2 aliphatic carbocycles. The molecule has 2 atom stereocenters. The first-order valence-corrected chi connectivity index (χ1v) is 7.44. The summed E-state index contributed by atoms with van der Waals surface area (Å²) in [5.74, 6) is 1.37. The molecule has 1 saturated carbocycles. The summed E-state index contributed by atoms with van der Waals surface area (Å²) in [6.45, 7) is 4.27. The molecule has 1 aromatic carbocycles. The molecule has 1 aliphatic heterocycles. The lowest BCUT2D eigenvalue weighted by Crippen LogP contribution is -2.38. The first-order chi connectivity index (χ1) is 10.2. The van der Waals surface area contributed by atoms with Gasteiger partial charge in [0.15, 0.2) is 0 Å². The smallest absolute Gasteiger partial charge is 0.201 e. The number of rotatable bonds is 1. The Balaban J connectivity index is 1.71. The maximum absolute atomic E-state index is 4.92. The third kappa shape index (κ3) is 2.00. The van der Waals surface area contributed by atoms with Gasteiger partial charge in [0.25, 0.3) is 0 Å². The van der Waals surface area contributed by atoms with Crippen molar-refractivity contribution >= 4 is 11.6 Å². The number of hydrogen-bond acceptors (Lipinski definition) is 3. The average molecular weight is 277 g/mol. The molecule has 0 spiro atoms. The maximum Gasteiger partial charge on any atom is 0.201 e. The summed E-state index contributed by atoms with van der Waals surface area (Å²) in [5, 5.41) is 6.94. The van der Waals surface area contributed by atoms with Crippen molar-refractivity contribution in [1.82, 2.24) is 5.32 Å². The highest BCUT2D eigenvalue weighted by molar-refractivity contribution is 5.97. The van der Waals surface area contributed by atoms with Crippen molar-refractivity contribution in [2.75, 3.05) is 5.32 Å². The van der Waals surface area contributed by atoms with Gasteiger partial charge in [0.2, 0.25) is 5.96 Å². The van der Waals surface area contributed by atoms with Gasteiger partial charge in [-0.2, -0.15) is 0 Å². The highest BCUT2D eigenvalue weighted by Crippen LogP contribution is 2.55. The van der Waals surface area contributed by atoms with Crippen molar-refractivity contribution in [3.05, 3.63) is 65.4 Å². The standard InChI is InChI=1S/C18H19N3/c1-12-7-3-4-9-15(12)19-17-20-16-13(2)8-5-6-10-18(21-17)11-14(16)18/h3-10,14H,11H2,1-2H3,(H2,19,20,21). The van der Waals surface area contributed by atoms with Crippen molar-refractivity contribution in [3.63, 3.8) is 0 Å². The minimum absolute atomic E-state index is 0.0301. The zero-order chi connectivity index (χ0) is 14.4. The molecular formula is C18H19N3. The number of nitrogens with zero attached hydrogens (tertiary/aromatic N) is 1. The Kier molecular flexibility index (Phi) is 2.58. The van der Waals surface area contributed by atoms with Crippen molar-refractivity contribution in [2.24, 2.45) is 10.9 Å². The van der Waals surface area contributed by atoms with E-state index in [1.807, 2.05) is 6.07 Å². The molecule has 1 heterocycles. The van der Waals surface area contributed by atoms with Crippen LogP contribution < -0.4 is 10.6 Å². The Labute approximate surface area is 125 Å². The monoisotopic (exact) mass is 277 g/mol. The molecule has 2 N–H and O–H groups in total. The van der Waals surface area contributed by atoms with Gasteiger partial charge in [-0.1, -0.05) is 42.5 Å². The Morgan fingerprint density at radius 3 is 2.95 bits per heavy atom. The number of hydrogen-bond donors (Lipinski definition) is 2. The molecule has 4 rings (SSSR count). The summed E-state index contributed by atoms with van der Waals surface area (Å²) in [6.07, 6.45) is 9.73. The molecule has 0 radical (unpaired) electrons. The van der Waals surface area contributed by atoms with Crippen LogP contribution in [-0.4, -0.2) is 11.5 Å². The van der Waals surface area contributed by atoms with Gasteiger partial charge in [0.05, 0.1) is 5.54 Å². The quantitative estimate of drug-likeness (QED) is 0.824. The second kappa shape index (κ2) is 4.35. The van der Waals surface area contributed by atoms with Gasteiger partial charge in [-0.25, -0.2) is 4.99 Å². The summed E-state index contributed by atoms with van der Waals surface area (Å²) in [7, 11) is 0. The van der Waals surface area contributed by atoms with Crippen LogP contribution in [0.4, 0.5) is 5.69 Å². The van der Waals surface area contributed by atoms with E-state index in [0.29, 0.717) is 5.92 Å². The van der Waals surface area contributed by atoms with Crippen LogP contribution in [0.1, 0.15) is 18.9 Å². The van der Waals surface area contributed by atoms with Crippen LogP contribution in [0.15, 0.2) is 64.8 Å². The van der Waals surface area contributed by atoms with Crippen LogP contribution >= 0.6 is 0 Å². The Morgan fingerprint density at radius 1 is 1.24 bits per heavy atom. The number of anilines is 1. The normalized spacial score (nSPS) is 29.0. The van der Waals surface area contributed by atoms with E-state index in [1.54, 1.807) is 0 Å². The minimum atomic E-state index is -0.0301. The first kappa shape index (κ1) is 12.5. The predicted molar refractivity (Wildman–Crippen MR) is 87.2 cm³/mol. The fraction of sp³-hybridized carbons (Fsp3) is 0.278. The fourth-order valence-corrected chi connectivity index (χ4v) is 3.20. The van der Waals surface area contributed by atoms with Crippen molar-refractivity contribution in [3.8, 4) is 0 Å². The highest BCUT2D eigenvalue weighted by atomic mass is 15.3. The summed E-state index contributed by atoms with van der Waals surface area (Å²) < 4.78 is 0. The molecule has 0 amide bonds. The van der Waals surface area contributed by atoms with E-state index in [-0.39, 0.29) is 5.54 Å². The number of nitrogens with one attached hydrogen (secondary N) is 2. The topological polar surface area (TPSA) is 36.4 Å². The Morgan fingerprint density at radius 2 is 2.10 bits per heavy atom. The Hall–Kier alpha value is -2.29. The van der Waals surface area contributed by atoms with E-state index in [0.717, 1.165) is 18.1 Å². The lowest BCUT2D eigenvalue weighted by Gasteiger charge is -2.25. The van der Waals surface area contributed by atoms with E-state index < -0.39 is 0 Å². The molecule has 2 unspecified atom stereocenters. The van der Waals surface area contributed by atoms with Crippen LogP contribution in [0.3, 0.4) is 0 Å². The van der Waals surface area contributed by atoms with Crippen molar-refractivity contribution < 1.29 is 0 Å². The minimum Gasteiger partial charge on any atom is -0.329 e. The lowest BCUT2D eigenvalue weighted by atomic mass is 10.0. The largest absolute Gasteiger partial charge is 0.329 e. The van der Waals surface area contributed by atoms with Crippen LogP contribution in [0.2, 0.25) is 0 Å². The number of para-hydroxylation sites is 1. The zero-order valence-corrected chi connectivity index (χ0v) is 12.4. The highest BCUT2D eigenvalue weighted by Gasteiger charge is 2.57. The van der Waals surface area contributed by atoms with Gasteiger partial charge in [-0.05, 0) is 37.5 Å². The van der Waals surface area contributed by atoms with Crippen LogP contribution in [-0.2, 0) is 0 Å². The van der Waals surface area contributed by atoms with Gasteiger partial charge >= 0.3 is 0 Å². The van der Waals surface area contributed by atoms with Crippen molar-refractivity contribution in [1.29, 1.82) is 0 Å². The van der Waals surface area contributed by atoms with Crippen LogP contribution in [0, 0.1) is 12.8 Å². The molecule has 0 saturated heterocycles. The van der Waals surface area contributed by atoms with E-state index in [4.69, 9.17) is 4.99 Å². The average Bonchev–Trinajstić information content (AvgIpc) is 3.18. The van der Waals surface area contributed by atoms with E-state index >= 15 is 0 Å². The van der Waals surface area contributed by atoms with Crippen molar-refractivity contribution in [2.45, 2.75) is 25.8 Å². The summed E-state index contributed by atoms with van der Waals surface area (Å²) in [5.41, 5.74) is 4.90. The summed E-state index contributed by atoms with van der Waals surface area (Å²) >= 11 is 0. The van der Waals surface area contributed by atoms with Gasteiger partial charge in [-0.3, -0.25) is 0 Å². The van der Waals surface area contributed by atoms with Gasteiger partial charge < -0.3 is 10.6 Å². The number of allylic oxidation sites excluding steroid dienone is 4. The first-order valence-electron chi connectivity index (χ1n) is 7.44. The predicted octanol–water partition coefficient (Wildman–Crippen LogP) is 3.52. The third-order valence-electron chi connectivity index (χ3n) is 4.56. The molecule has 3 aliphatic rings.